The molecular weight excluding hydrogens is 249 g/mol. The predicted molar refractivity (Wildman–Crippen MR) is 42.8 cm³/mol. The SMILES string of the molecule is CCCCC#CC1C[NH+]1[I-]C. The van der Waals surface area contributed by atoms with Gasteiger partial charge in [-0.25, -0.2) is 0 Å². The Hall–Kier alpha value is 0.250. The molecule has 0 bridgehead atoms. The molecular formula is C9H16IN. The second kappa shape index (κ2) is 5.00. The summed E-state index contributed by atoms with van der Waals surface area (Å²) in [6.45, 7) is 3.55. The summed E-state index contributed by atoms with van der Waals surface area (Å²) in [4.78, 5) is 2.34. The third-order valence-corrected chi connectivity index (χ3v) is 4.37. The maximum absolute atomic E-state index is 3.33. The molecule has 0 spiro atoms. The Morgan fingerprint density at radius 3 is 3.00 bits per heavy atom. The fourth-order valence-electron chi connectivity index (χ4n) is 0.935. The molecule has 0 aromatic carbocycles. The van der Waals surface area contributed by atoms with E-state index in [-0.39, 0.29) is 0 Å². The Morgan fingerprint density at radius 1 is 1.64 bits per heavy atom. The third kappa shape index (κ3) is 3.44. The van der Waals surface area contributed by atoms with E-state index in [4.69, 9.17) is 0 Å². The molecule has 11 heavy (non-hydrogen) atoms. The topological polar surface area (TPSA) is 4.44 Å². The van der Waals surface area contributed by atoms with Crippen LogP contribution in [0.15, 0.2) is 0 Å². The second-order valence-corrected chi connectivity index (χ2v) is 5.28. The summed E-state index contributed by atoms with van der Waals surface area (Å²) in [5.41, 5.74) is 0. The minimum absolute atomic E-state index is 0.407. The molecule has 1 nitrogen and oxygen atoms in total. The first-order valence-corrected chi connectivity index (χ1v) is 7.45. The third-order valence-electron chi connectivity index (χ3n) is 1.79. The maximum atomic E-state index is 3.33. The first kappa shape index (κ1) is 9.34. The normalized spacial score (nSPS) is 27.8. The number of hydrogen-bond acceptors (Lipinski definition) is 0. The van der Waals surface area contributed by atoms with Crippen LogP contribution >= 0.6 is 0 Å². The number of unbranched alkanes of at least 4 members (excludes halogenated alkanes) is 2. The fourth-order valence-corrected chi connectivity index (χ4v) is 2.72. The molecule has 0 aromatic heterocycles. The van der Waals surface area contributed by atoms with E-state index in [1.54, 1.807) is 3.11 Å². The molecule has 1 aliphatic rings. The van der Waals surface area contributed by atoms with Crippen molar-refractivity contribution in [3.05, 3.63) is 0 Å². The molecule has 64 valence electrons. The van der Waals surface area contributed by atoms with Crippen molar-refractivity contribution in [3.8, 4) is 11.8 Å². The van der Waals surface area contributed by atoms with Crippen molar-refractivity contribution >= 4 is 0 Å². The summed E-state index contributed by atoms with van der Waals surface area (Å²) in [7, 11) is 0. The standard InChI is InChI=1S/C9H16IN/c1-3-4-5-6-7-9-8-11(9)10-2/h9,11H,3-5,8H2,1-2H3. The van der Waals surface area contributed by atoms with Crippen LogP contribution in [0, 0.1) is 11.8 Å². The van der Waals surface area contributed by atoms with Gasteiger partial charge < -0.3 is 0 Å². The Balaban J connectivity index is 2.05. The van der Waals surface area contributed by atoms with Crippen LogP contribution in [-0.2, 0) is 0 Å². The molecule has 1 rings (SSSR count). The Kier molecular flexibility index (Phi) is 4.24. The van der Waals surface area contributed by atoms with Crippen LogP contribution < -0.4 is 24.6 Å². The van der Waals surface area contributed by atoms with Gasteiger partial charge in [-0.1, -0.05) is 0 Å². The molecule has 0 aromatic rings. The number of alkyl halides is 1. The van der Waals surface area contributed by atoms with Gasteiger partial charge in [-0.15, -0.1) is 0 Å². The van der Waals surface area contributed by atoms with Crippen LogP contribution in [0.25, 0.3) is 0 Å². The van der Waals surface area contributed by atoms with E-state index in [0.29, 0.717) is 21.5 Å². The number of halogens is 1. The number of hydrogen-bond donors (Lipinski definition) is 1. The van der Waals surface area contributed by atoms with Gasteiger partial charge >= 0.3 is 80.1 Å². The van der Waals surface area contributed by atoms with E-state index in [1.807, 2.05) is 0 Å². The van der Waals surface area contributed by atoms with E-state index in [0.717, 1.165) is 12.5 Å². The van der Waals surface area contributed by atoms with Crippen LogP contribution in [0.3, 0.4) is 0 Å². The molecule has 1 fully saturated rings. The Bertz CT molecular complexity index is 168. The first-order valence-electron chi connectivity index (χ1n) is 4.22. The van der Waals surface area contributed by atoms with E-state index in [2.05, 4.69) is 23.7 Å². The van der Waals surface area contributed by atoms with Crippen LogP contribution in [0.4, 0.5) is 0 Å². The summed E-state index contributed by atoms with van der Waals surface area (Å²) in [5.74, 6) is 6.59. The zero-order chi connectivity index (χ0) is 8.10. The van der Waals surface area contributed by atoms with E-state index in [9.17, 15) is 0 Å². The molecule has 1 aliphatic heterocycles. The summed E-state index contributed by atoms with van der Waals surface area (Å²) in [6.07, 6.45) is 3.66. The number of quaternary nitrogens is 1. The summed E-state index contributed by atoms with van der Waals surface area (Å²) < 4.78 is 1.77. The van der Waals surface area contributed by atoms with Gasteiger partial charge in [0, 0.05) is 0 Å². The van der Waals surface area contributed by atoms with Crippen LogP contribution in [-0.4, -0.2) is 17.5 Å². The van der Waals surface area contributed by atoms with E-state index >= 15 is 0 Å². The zero-order valence-electron chi connectivity index (χ0n) is 7.28. The second-order valence-electron chi connectivity index (χ2n) is 2.82. The van der Waals surface area contributed by atoms with Gasteiger partial charge in [-0.2, -0.15) is 0 Å². The number of rotatable bonds is 3. The van der Waals surface area contributed by atoms with Crippen LogP contribution in [0.1, 0.15) is 26.2 Å². The predicted octanol–water partition coefficient (Wildman–Crippen LogP) is -2.92. The minimum atomic E-state index is 0.407. The van der Waals surface area contributed by atoms with E-state index < -0.39 is 0 Å². The van der Waals surface area contributed by atoms with Crippen molar-refractivity contribution in [1.29, 1.82) is 0 Å². The molecule has 0 radical (unpaired) electrons. The molecule has 2 heteroatoms. The summed E-state index contributed by atoms with van der Waals surface area (Å²) in [6, 6.07) is 0.740. The van der Waals surface area contributed by atoms with Crippen molar-refractivity contribution in [2.24, 2.45) is 0 Å². The quantitative estimate of drug-likeness (QED) is 0.139. The van der Waals surface area contributed by atoms with Crippen LogP contribution in [0.2, 0.25) is 0 Å². The van der Waals surface area contributed by atoms with Crippen molar-refractivity contribution in [1.82, 2.24) is 0 Å². The molecule has 2 unspecified atom stereocenters. The zero-order valence-corrected chi connectivity index (χ0v) is 9.44. The molecule has 1 saturated heterocycles. The number of nitrogens with one attached hydrogen (secondary N) is 1. The first-order chi connectivity index (χ1) is 5.38. The molecule has 0 aliphatic carbocycles. The molecule has 2 atom stereocenters. The van der Waals surface area contributed by atoms with Gasteiger partial charge in [-0.05, 0) is 0 Å². The van der Waals surface area contributed by atoms with Gasteiger partial charge in [0.25, 0.3) is 0 Å². The van der Waals surface area contributed by atoms with E-state index in [1.165, 1.54) is 19.4 Å². The van der Waals surface area contributed by atoms with Gasteiger partial charge in [-0.3, -0.25) is 0 Å². The fraction of sp³-hybridized carbons (Fsp3) is 0.778. The average Bonchev–Trinajstić information content (AvgIpc) is 2.77. The van der Waals surface area contributed by atoms with Crippen LogP contribution in [0.5, 0.6) is 0 Å². The molecule has 1 heterocycles. The molecule has 1 N–H and O–H groups in total. The van der Waals surface area contributed by atoms with Crippen molar-refractivity contribution in [3.63, 3.8) is 0 Å². The van der Waals surface area contributed by atoms with Crippen molar-refractivity contribution in [2.45, 2.75) is 32.2 Å². The van der Waals surface area contributed by atoms with Crippen molar-refractivity contribution in [2.75, 3.05) is 11.5 Å². The monoisotopic (exact) mass is 265 g/mol. The van der Waals surface area contributed by atoms with Crippen molar-refractivity contribution < 1.29 is 24.6 Å². The van der Waals surface area contributed by atoms with Gasteiger partial charge in [0.2, 0.25) is 0 Å². The average molecular weight is 265 g/mol. The Labute approximate surface area is 80.2 Å². The molecule has 0 saturated carbocycles. The molecule has 0 amide bonds. The van der Waals surface area contributed by atoms with Gasteiger partial charge in [0.15, 0.2) is 0 Å². The van der Waals surface area contributed by atoms with Gasteiger partial charge in [0.1, 0.15) is 0 Å². The summed E-state index contributed by atoms with van der Waals surface area (Å²) >= 11 is 0.407. The Morgan fingerprint density at radius 2 is 2.45 bits per heavy atom. The van der Waals surface area contributed by atoms with Gasteiger partial charge in [0.05, 0.1) is 0 Å². The summed E-state index contributed by atoms with van der Waals surface area (Å²) in [5, 5.41) is 0.